The van der Waals surface area contributed by atoms with Crippen LogP contribution in [0.5, 0.6) is 0 Å². The van der Waals surface area contributed by atoms with E-state index in [0.717, 1.165) is 18.1 Å². The smallest absolute Gasteiger partial charge is 0.239 e. The molecule has 1 aromatic rings. The Balaban J connectivity index is 2.12. The highest BCUT2D eigenvalue weighted by atomic mass is 16.5. The Morgan fingerprint density at radius 1 is 1.56 bits per heavy atom. The zero-order chi connectivity index (χ0) is 11.4. The van der Waals surface area contributed by atoms with Gasteiger partial charge in [-0.2, -0.15) is 0 Å². The van der Waals surface area contributed by atoms with E-state index >= 15 is 0 Å². The van der Waals surface area contributed by atoms with E-state index in [9.17, 15) is 4.79 Å². The number of carbonyl (C=O) groups is 1. The molecule has 1 fully saturated rings. The summed E-state index contributed by atoms with van der Waals surface area (Å²) in [6.45, 7) is 2.23. The molecule has 0 aromatic carbocycles. The normalized spacial score (nSPS) is 16.1. The number of rotatable bonds is 3. The van der Waals surface area contributed by atoms with Crippen LogP contribution in [-0.2, 0) is 16.1 Å². The molecule has 1 saturated heterocycles. The fourth-order valence-electron chi connectivity index (χ4n) is 1.62. The number of amides is 1. The summed E-state index contributed by atoms with van der Waals surface area (Å²) in [5.41, 5.74) is 0.818. The van der Waals surface area contributed by atoms with Crippen molar-refractivity contribution < 1.29 is 9.53 Å². The molecule has 2 heterocycles. The van der Waals surface area contributed by atoms with E-state index in [0.29, 0.717) is 19.7 Å². The lowest BCUT2D eigenvalue weighted by Gasteiger charge is -2.27. The third-order valence-corrected chi connectivity index (χ3v) is 2.36. The Bertz CT molecular complexity index is 383. The molecule has 6 heteroatoms. The van der Waals surface area contributed by atoms with E-state index in [1.54, 1.807) is 7.11 Å². The molecular formula is C10H14N4O2. The summed E-state index contributed by atoms with van der Waals surface area (Å²) in [6.07, 6.45) is 1.50. The lowest BCUT2D eigenvalue weighted by Crippen LogP contribution is -2.48. The maximum absolute atomic E-state index is 11.2. The molecule has 1 aliphatic rings. The van der Waals surface area contributed by atoms with Gasteiger partial charge in [0, 0.05) is 26.3 Å². The van der Waals surface area contributed by atoms with Gasteiger partial charge in [-0.15, -0.1) is 0 Å². The average Bonchev–Trinajstić information content (AvgIpc) is 2.30. The standard InChI is InChI=1S/C10H14N4O2/c1-16-6-8-4-9(13-7-12-8)14-3-2-11-10(15)5-14/h4,7H,2-3,5-6H2,1H3,(H,11,15). The minimum atomic E-state index is 0.0261. The van der Waals surface area contributed by atoms with Crippen molar-refractivity contribution in [2.75, 3.05) is 31.6 Å². The number of hydrogen-bond donors (Lipinski definition) is 1. The summed E-state index contributed by atoms with van der Waals surface area (Å²) in [7, 11) is 1.62. The predicted octanol–water partition coefficient (Wildman–Crippen LogP) is -0.441. The highest BCUT2D eigenvalue weighted by Crippen LogP contribution is 2.12. The second-order valence-corrected chi connectivity index (χ2v) is 3.57. The molecule has 2 rings (SSSR count). The largest absolute Gasteiger partial charge is 0.378 e. The van der Waals surface area contributed by atoms with Crippen molar-refractivity contribution in [2.45, 2.75) is 6.61 Å². The number of anilines is 1. The first kappa shape index (κ1) is 10.8. The van der Waals surface area contributed by atoms with Crippen molar-refractivity contribution in [3.63, 3.8) is 0 Å². The van der Waals surface area contributed by atoms with Crippen LogP contribution in [0.1, 0.15) is 5.69 Å². The molecule has 0 unspecified atom stereocenters. The van der Waals surface area contributed by atoms with E-state index in [-0.39, 0.29) is 5.91 Å². The first-order valence-corrected chi connectivity index (χ1v) is 5.11. The van der Waals surface area contributed by atoms with E-state index in [4.69, 9.17) is 4.74 Å². The Kier molecular flexibility index (Phi) is 3.31. The van der Waals surface area contributed by atoms with Crippen LogP contribution in [0.3, 0.4) is 0 Å². The van der Waals surface area contributed by atoms with Gasteiger partial charge in [-0.05, 0) is 0 Å². The van der Waals surface area contributed by atoms with Gasteiger partial charge in [0.15, 0.2) is 0 Å². The molecule has 0 radical (unpaired) electrons. The molecule has 16 heavy (non-hydrogen) atoms. The zero-order valence-corrected chi connectivity index (χ0v) is 9.14. The molecule has 0 aliphatic carbocycles. The van der Waals surface area contributed by atoms with Gasteiger partial charge in [-0.1, -0.05) is 0 Å². The van der Waals surface area contributed by atoms with Gasteiger partial charge in [0.1, 0.15) is 12.1 Å². The quantitative estimate of drug-likeness (QED) is 0.751. The summed E-state index contributed by atoms with van der Waals surface area (Å²) in [5, 5.41) is 2.77. The van der Waals surface area contributed by atoms with Crippen LogP contribution in [0.2, 0.25) is 0 Å². The fourth-order valence-corrected chi connectivity index (χ4v) is 1.62. The maximum Gasteiger partial charge on any atom is 0.239 e. The second-order valence-electron chi connectivity index (χ2n) is 3.57. The number of ether oxygens (including phenoxy) is 1. The van der Waals surface area contributed by atoms with Crippen molar-refractivity contribution in [1.29, 1.82) is 0 Å². The molecule has 6 nitrogen and oxygen atoms in total. The van der Waals surface area contributed by atoms with Crippen LogP contribution >= 0.6 is 0 Å². The Morgan fingerprint density at radius 3 is 3.19 bits per heavy atom. The van der Waals surface area contributed by atoms with Gasteiger partial charge in [0.2, 0.25) is 5.91 Å². The van der Waals surface area contributed by atoms with Crippen LogP contribution in [0.15, 0.2) is 12.4 Å². The fraction of sp³-hybridized carbons (Fsp3) is 0.500. The number of aromatic nitrogens is 2. The third-order valence-electron chi connectivity index (χ3n) is 2.36. The van der Waals surface area contributed by atoms with Gasteiger partial charge in [0.25, 0.3) is 0 Å². The highest BCUT2D eigenvalue weighted by molar-refractivity contribution is 5.82. The van der Waals surface area contributed by atoms with Crippen LogP contribution in [0.4, 0.5) is 5.82 Å². The minimum absolute atomic E-state index is 0.0261. The number of nitrogens with zero attached hydrogens (tertiary/aromatic N) is 3. The summed E-state index contributed by atoms with van der Waals surface area (Å²) >= 11 is 0. The first-order valence-electron chi connectivity index (χ1n) is 5.11. The zero-order valence-electron chi connectivity index (χ0n) is 9.14. The maximum atomic E-state index is 11.2. The molecule has 0 bridgehead atoms. The van der Waals surface area contributed by atoms with Crippen molar-refractivity contribution in [3.05, 3.63) is 18.1 Å². The summed E-state index contributed by atoms with van der Waals surface area (Å²) in [6, 6.07) is 1.85. The molecular weight excluding hydrogens is 208 g/mol. The van der Waals surface area contributed by atoms with Crippen LogP contribution in [0.25, 0.3) is 0 Å². The Labute approximate surface area is 93.6 Å². The summed E-state index contributed by atoms with van der Waals surface area (Å²) in [5.74, 6) is 0.801. The summed E-state index contributed by atoms with van der Waals surface area (Å²) in [4.78, 5) is 21.4. The van der Waals surface area contributed by atoms with E-state index in [1.807, 2.05) is 11.0 Å². The first-order chi connectivity index (χ1) is 7.79. The van der Waals surface area contributed by atoms with Crippen molar-refractivity contribution in [3.8, 4) is 0 Å². The molecule has 1 amide bonds. The minimum Gasteiger partial charge on any atom is -0.378 e. The van der Waals surface area contributed by atoms with Gasteiger partial charge in [-0.25, -0.2) is 9.97 Å². The number of nitrogens with one attached hydrogen (secondary N) is 1. The Hall–Kier alpha value is -1.69. The lowest BCUT2D eigenvalue weighted by atomic mass is 10.3. The van der Waals surface area contributed by atoms with Crippen molar-refractivity contribution >= 4 is 11.7 Å². The number of hydrogen-bond acceptors (Lipinski definition) is 5. The van der Waals surface area contributed by atoms with E-state index < -0.39 is 0 Å². The topological polar surface area (TPSA) is 67.3 Å². The van der Waals surface area contributed by atoms with Crippen molar-refractivity contribution in [2.24, 2.45) is 0 Å². The lowest BCUT2D eigenvalue weighted by molar-refractivity contribution is -0.120. The third kappa shape index (κ3) is 2.46. The molecule has 0 saturated carbocycles. The number of carbonyl (C=O) groups excluding carboxylic acids is 1. The molecule has 0 spiro atoms. The van der Waals surface area contributed by atoms with Crippen LogP contribution in [0, 0.1) is 0 Å². The molecule has 1 aromatic heterocycles. The van der Waals surface area contributed by atoms with E-state index in [1.165, 1.54) is 6.33 Å². The molecule has 1 N–H and O–H groups in total. The highest BCUT2D eigenvalue weighted by Gasteiger charge is 2.17. The number of piperazine rings is 1. The van der Waals surface area contributed by atoms with Crippen LogP contribution < -0.4 is 10.2 Å². The van der Waals surface area contributed by atoms with Gasteiger partial charge < -0.3 is 15.0 Å². The predicted molar refractivity (Wildman–Crippen MR) is 58.0 cm³/mol. The Morgan fingerprint density at radius 2 is 2.44 bits per heavy atom. The monoisotopic (exact) mass is 222 g/mol. The van der Waals surface area contributed by atoms with Gasteiger partial charge >= 0.3 is 0 Å². The molecule has 86 valence electrons. The molecule has 1 aliphatic heterocycles. The average molecular weight is 222 g/mol. The summed E-state index contributed by atoms with van der Waals surface area (Å²) < 4.78 is 5.00. The number of methoxy groups -OCH3 is 1. The second kappa shape index (κ2) is 4.89. The van der Waals surface area contributed by atoms with Gasteiger partial charge in [0.05, 0.1) is 18.8 Å². The van der Waals surface area contributed by atoms with Crippen LogP contribution in [-0.4, -0.2) is 42.6 Å². The van der Waals surface area contributed by atoms with Gasteiger partial charge in [-0.3, -0.25) is 4.79 Å². The molecule has 0 atom stereocenters. The van der Waals surface area contributed by atoms with Crippen molar-refractivity contribution in [1.82, 2.24) is 15.3 Å². The van der Waals surface area contributed by atoms with E-state index in [2.05, 4.69) is 15.3 Å². The SMILES string of the molecule is COCc1cc(N2CCNC(=O)C2)ncn1.